The lowest BCUT2D eigenvalue weighted by Crippen LogP contribution is -2.55. The van der Waals surface area contributed by atoms with E-state index < -0.39 is 101 Å². The van der Waals surface area contributed by atoms with E-state index in [4.69, 9.17) is 9.47 Å². The van der Waals surface area contributed by atoms with Gasteiger partial charge in [0.25, 0.3) is 0 Å². The molecule has 93 heavy (non-hydrogen) atoms. The van der Waals surface area contributed by atoms with Crippen LogP contribution in [0, 0.1) is 0 Å². The first-order chi connectivity index (χ1) is 44.5. The van der Waals surface area contributed by atoms with Gasteiger partial charge in [-0.3, -0.25) is 28.8 Å². The molecule has 12 N–H and O–H groups in total. The summed E-state index contributed by atoms with van der Waals surface area (Å²) in [6.45, 7) is 0. The van der Waals surface area contributed by atoms with Gasteiger partial charge in [0.05, 0.1) is 5.56 Å². The molecule has 6 amide bonds. The molecule has 15 bridgehead atoms. The molecule has 8 aromatic carbocycles. The summed E-state index contributed by atoms with van der Waals surface area (Å²) in [5.41, 5.74) is 0.702. The van der Waals surface area contributed by atoms with Gasteiger partial charge in [-0.15, -0.1) is 0 Å². The molecule has 0 saturated heterocycles. The zero-order valence-corrected chi connectivity index (χ0v) is 48.7. The number of carboxylic acids is 1. The number of aromatic hydroxyl groups is 4. The Morgan fingerprint density at radius 2 is 1.22 bits per heavy atom. The number of aromatic amines is 1. The first-order valence-corrected chi connectivity index (χ1v) is 28.9. The van der Waals surface area contributed by atoms with Crippen LogP contribution in [-0.2, 0) is 52.6 Å². The third-order valence-corrected chi connectivity index (χ3v) is 16.4. The molecule has 0 saturated carbocycles. The molecule has 0 radical (unpaired) electrons. The number of hydrogen-bond acceptors (Lipinski definition) is 14. The van der Waals surface area contributed by atoms with Gasteiger partial charge in [-0.25, -0.2) is 4.79 Å². The molecular formula is C68H55F3N8O14. The Balaban J connectivity index is 1.000. The molecule has 0 spiro atoms. The average molecular weight is 1270 g/mol. The minimum atomic E-state index is -4.77. The van der Waals surface area contributed by atoms with Crippen molar-refractivity contribution in [2.24, 2.45) is 0 Å². The Bertz CT molecular complexity index is 4450. The van der Waals surface area contributed by atoms with Crippen LogP contribution in [0.3, 0.4) is 0 Å². The van der Waals surface area contributed by atoms with Crippen LogP contribution in [0.2, 0.25) is 0 Å². The van der Waals surface area contributed by atoms with Crippen LogP contribution >= 0.6 is 0 Å². The maximum absolute atomic E-state index is 15.8. The highest BCUT2D eigenvalue weighted by Crippen LogP contribution is 2.44. The van der Waals surface area contributed by atoms with Gasteiger partial charge in [0.2, 0.25) is 35.4 Å². The zero-order chi connectivity index (χ0) is 65.6. The normalized spacial score (nSPS) is 19.5. The Labute approximate surface area is 525 Å². The van der Waals surface area contributed by atoms with Gasteiger partial charge in [0, 0.05) is 48.2 Å². The van der Waals surface area contributed by atoms with Crippen molar-refractivity contribution in [2.45, 2.75) is 61.3 Å². The number of phenolic OH excluding ortho intramolecular Hbond substituents is 4. The highest BCUT2D eigenvalue weighted by atomic mass is 19.4. The number of halogens is 3. The molecular weight excluding hydrogens is 1210 g/mol. The van der Waals surface area contributed by atoms with E-state index in [9.17, 15) is 53.1 Å². The van der Waals surface area contributed by atoms with Gasteiger partial charge in [-0.2, -0.15) is 13.2 Å². The number of rotatable bonds is 7. The molecule has 472 valence electrons. The third-order valence-electron chi connectivity index (χ3n) is 16.4. The number of amides is 6. The lowest BCUT2D eigenvalue weighted by atomic mass is 9.94. The summed E-state index contributed by atoms with van der Waals surface area (Å²) in [4.78, 5) is 109. The number of hydrogen-bond donors (Lipinski definition) is 12. The fourth-order valence-electron chi connectivity index (χ4n) is 11.4. The number of likely N-dealkylation sites (N-methyl/N-ethyl adjacent to an activating group) is 1. The second-order valence-electron chi connectivity index (χ2n) is 22.5. The highest BCUT2D eigenvalue weighted by Gasteiger charge is 2.40. The van der Waals surface area contributed by atoms with Gasteiger partial charge in [0.1, 0.15) is 59.2 Å². The fourth-order valence-corrected chi connectivity index (χ4v) is 11.4. The topological polar surface area (TPSA) is 330 Å². The van der Waals surface area contributed by atoms with E-state index in [-0.39, 0.29) is 92.2 Å². The molecule has 15 rings (SSSR count). The number of carbonyl (C=O) groups excluding carboxylic acids is 6. The number of phenols is 4. The molecule has 1 unspecified atom stereocenters. The number of carboxylic acid groups (broad SMARTS) is 1. The number of aliphatic carboxylic acids is 1. The maximum atomic E-state index is 15.8. The Morgan fingerprint density at radius 3 is 1.90 bits per heavy atom. The minimum Gasteiger partial charge on any atom is -0.508 e. The van der Waals surface area contributed by atoms with Crippen molar-refractivity contribution in [3.8, 4) is 57.1 Å². The smallest absolute Gasteiger partial charge is 0.416 e. The zero-order valence-electron chi connectivity index (χ0n) is 48.7. The van der Waals surface area contributed by atoms with Gasteiger partial charge in [-0.05, 0) is 142 Å². The molecule has 6 aliphatic heterocycles. The molecule has 22 nitrogen and oxygen atoms in total. The van der Waals surface area contributed by atoms with E-state index in [1.54, 1.807) is 36.5 Å². The van der Waals surface area contributed by atoms with E-state index in [2.05, 4.69) is 36.9 Å². The van der Waals surface area contributed by atoms with E-state index in [1.165, 1.54) is 128 Å². The van der Waals surface area contributed by atoms with Crippen molar-refractivity contribution in [3.05, 3.63) is 221 Å². The predicted octanol–water partition coefficient (Wildman–Crippen LogP) is 8.67. The van der Waals surface area contributed by atoms with E-state index >= 15 is 19.2 Å². The molecule has 6 aliphatic rings. The second-order valence-corrected chi connectivity index (χ2v) is 22.5. The van der Waals surface area contributed by atoms with Gasteiger partial charge < -0.3 is 76.8 Å². The van der Waals surface area contributed by atoms with Crippen molar-refractivity contribution < 1.29 is 81.7 Å². The first kappa shape index (κ1) is 61.2. The summed E-state index contributed by atoms with van der Waals surface area (Å²) in [6.07, 6.45) is -3.76. The van der Waals surface area contributed by atoms with Gasteiger partial charge in [0.15, 0.2) is 29.0 Å². The van der Waals surface area contributed by atoms with Gasteiger partial charge >= 0.3 is 12.1 Å². The lowest BCUT2D eigenvalue weighted by Gasteiger charge is -2.33. The molecule has 25 heteroatoms. The number of ether oxygens (including phenoxy) is 2. The monoisotopic (exact) mass is 1260 g/mol. The molecule has 7 atom stereocenters. The number of nitrogens with one attached hydrogen (secondary N) is 7. The van der Waals surface area contributed by atoms with Crippen molar-refractivity contribution in [1.29, 1.82) is 0 Å². The van der Waals surface area contributed by atoms with Crippen LogP contribution in [-0.4, -0.2) is 96.0 Å². The Kier molecular flexibility index (Phi) is 16.3. The number of fused-ring (bicyclic) bond motifs is 14. The van der Waals surface area contributed by atoms with Crippen LogP contribution in [0.4, 0.5) is 18.9 Å². The number of H-pyrrole nitrogens is 1. The average Bonchev–Trinajstić information content (AvgIpc) is 1.77. The van der Waals surface area contributed by atoms with Gasteiger partial charge in [-0.1, -0.05) is 72.8 Å². The first-order valence-electron chi connectivity index (χ1n) is 28.9. The number of benzene rings is 8. The maximum Gasteiger partial charge on any atom is 0.416 e. The summed E-state index contributed by atoms with van der Waals surface area (Å²) in [6, 6.07) is 25.6. The van der Waals surface area contributed by atoms with Crippen LogP contribution in [0.5, 0.6) is 46.0 Å². The molecule has 0 fully saturated rings. The summed E-state index contributed by atoms with van der Waals surface area (Å²) >= 11 is 0. The van der Waals surface area contributed by atoms with Crippen molar-refractivity contribution >= 4 is 58.0 Å². The number of nitrogens with zero attached hydrogens (tertiary/aromatic N) is 1. The summed E-state index contributed by atoms with van der Waals surface area (Å²) in [7, 11) is 1.29. The Hall–Kier alpha value is -12.0. The van der Waals surface area contributed by atoms with E-state index in [0.29, 0.717) is 27.6 Å². The molecule has 1 aromatic heterocycles. The summed E-state index contributed by atoms with van der Waals surface area (Å²) in [5, 5.41) is 71.4. The quantitative estimate of drug-likeness (QED) is 0.0710. The third kappa shape index (κ3) is 12.8. The summed E-state index contributed by atoms with van der Waals surface area (Å²) < 4.78 is 54.5. The minimum absolute atomic E-state index is 0.00382. The predicted molar refractivity (Wildman–Crippen MR) is 328 cm³/mol. The van der Waals surface area contributed by atoms with E-state index in [0.717, 1.165) is 23.1 Å². The Morgan fingerprint density at radius 1 is 0.613 bits per heavy atom. The standard InChI is InChI=1S/C68H55F3N8O14/c1-79-51-25-33-5-19-45(20-6-33)93-54-30-39-26-48(60(54)83)37-13-23-47-40(32-72-49(47)27-37)28-50(74-63(86)55(34-7-15-43(80)16-8-34)73-42-4-2-3-41(31-42)68(69,70)71)61(84)75-56(35-9-17-44(81)18-10-35)64(87)76-57(39)65(88)77-58(66(79)89)36-11-21-46(22-12-36)92-53-29-38(14-24-52(53)82)59(67(90)91)78-62(51)85/h2-24,26-27,29-32,50-51,55-59,72-73,80-83H,25,28H2,1H3,(H,74,86)(H,75,84)(H,76,87)(H,77,88)(H,78,85)(H,90,91)/t50-,51+,55?,56-,57-,58-,59-/m1/s1. The number of anilines is 1. The van der Waals surface area contributed by atoms with Crippen molar-refractivity contribution in [1.82, 2.24) is 36.5 Å². The molecule has 0 aliphatic carbocycles. The fraction of sp³-hybridized carbons (Fsp3) is 0.162. The number of aromatic nitrogens is 1. The van der Waals surface area contributed by atoms with Crippen LogP contribution < -0.4 is 41.4 Å². The molecule has 9 aromatic rings. The largest absolute Gasteiger partial charge is 0.508 e. The van der Waals surface area contributed by atoms with E-state index in [1.807, 2.05) is 0 Å². The highest BCUT2D eigenvalue weighted by molar-refractivity contribution is 6.00. The summed E-state index contributed by atoms with van der Waals surface area (Å²) in [5.74, 6) is -9.08. The number of carbonyl (C=O) groups is 7. The second kappa shape index (κ2) is 24.7. The van der Waals surface area contributed by atoms with Crippen LogP contribution in [0.25, 0.3) is 22.0 Å². The SMILES string of the molecule is CN1C(=O)[C@@H]2NC(=O)[C@@H]3NC(=O)[C@@H](c4ccc(O)cc4)NC(=O)[C@H](NC(=O)C(Nc4cccc(C(F)(F)F)c4)c4ccc(O)cc4)Cc4c[nH]c5cc(ccc45)-c4cc3cc(c4O)Oc3ccc(cc3)C[C@H]1C(=O)N[C@@H](C(=O)O)c1ccc(O)c(c1)Oc1ccc2cc1. The van der Waals surface area contributed by atoms with Crippen LogP contribution in [0.1, 0.15) is 74.7 Å². The molecule has 7 heterocycles. The van der Waals surface area contributed by atoms with Crippen LogP contribution in [0.15, 0.2) is 176 Å². The van der Waals surface area contributed by atoms with Crippen molar-refractivity contribution in [2.75, 3.05) is 12.4 Å². The van der Waals surface area contributed by atoms with Crippen molar-refractivity contribution in [3.63, 3.8) is 0 Å². The number of alkyl halides is 3. The lowest BCUT2D eigenvalue weighted by molar-refractivity contribution is -0.145.